The Bertz CT molecular complexity index is 1110. The molecule has 2 aromatic carbocycles. The molecule has 31 heavy (non-hydrogen) atoms. The molecule has 4 rings (SSSR count). The van der Waals surface area contributed by atoms with Gasteiger partial charge in [-0.1, -0.05) is 41.9 Å². The number of hydrogen-bond acceptors (Lipinski definition) is 7. The van der Waals surface area contributed by atoms with E-state index < -0.39 is 4.92 Å². The van der Waals surface area contributed by atoms with Gasteiger partial charge >= 0.3 is 0 Å². The molecule has 2 heterocycles. The summed E-state index contributed by atoms with van der Waals surface area (Å²) in [5.74, 6) is 0.541. The number of benzene rings is 2. The number of hydrogen-bond donors (Lipinski definition) is 0. The van der Waals surface area contributed by atoms with Crippen LogP contribution in [0.25, 0.3) is 0 Å². The van der Waals surface area contributed by atoms with E-state index in [0.717, 1.165) is 16.5 Å². The number of halogens is 1. The standard InChI is InChI=1S/C21H20ClN5O3S/c1-14-13-25(21-23-19(24-31-21)11-15-5-3-2-4-6-15)9-10-26(14)20(28)16-7-8-17(22)18(12-16)27(29)30/h2-8,12,14H,9-11,13H2,1H3. The molecule has 0 bridgehead atoms. The van der Waals surface area contributed by atoms with Crippen molar-refractivity contribution in [2.45, 2.75) is 19.4 Å². The van der Waals surface area contributed by atoms with Crippen LogP contribution < -0.4 is 4.90 Å². The average Bonchev–Trinajstić information content (AvgIpc) is 3.22. The summed E-state index contributed by atoms with van der Waals surface area (Å²) >= 11 is 7.23. The number of nitrogens with zero attached hydrogens (tertiary/aromatic N) is 5. The lowest BCUT2D eigenvalue weighted by atomic mass is 10.1. The monoisotopic (exact) mass is 457 g/mol. The van der Waals surface area contributed by atoms with Gasteiger partial charge in [-0.05, 0) is 24.6 Å². The summed E-state index contributed by atoms with van der Waals surface area (Å²) in [6, 6.07) is 14.1. The zero-order valence-electron chi connectivity index (χ0n) is 16.8. The van der Waals surface area contributed by atoms with E-state index in [1.807, 2.05) is 37.3 Å². The average molecular weight is 458 g/mol. The van der Waals surface area contributed by atoms with Crippen LogP contribution in [0, 0.1) is 10.1 Å². The van der Waals surface area contributed by atoms with Gasteiger partial charge in [-0.15, -0.1) is 0 Å². The van der Waals surface area contributed by atoms with Gasteiger partial charge < -0.3 is 9.80 Å². The second-order valence-electron chi connectivity index (χ2n) is 7.37. The number of carbonyl (C=O) groups is 1. The Morgan fingerprint density at radius 2 is 2.03 bits per heavy atom. The van der Waals surface area contributed by atoms with Gasteiger partial charge in [-0.3, -0.25) is 14.9 Å². The van der Waals surface area contributed by atoms with Crippen molar-refractivity contribution in [3.63, 3.8) is 0 Å². The summed E-state index contributed by atoms with van der Waals surface area (Å²) in [5.41, 5.74) is 1.16. The van der Waals surface area contributed by atoms with Gasteiger partial charge in [0.2, 0.25) is 5.13 Å². The lowest BCUT2D eigenvalue weighted by molar-refractivity contribution is -0.384. The van der Waals surface area contributed by atoms with Crippen molar-refractivity contribution in [1.82, 2.24) is 14.3 Å². The van der Waals surface area contributed by atoms with E-state index in [1.165, 1.54) is 29.7 Å². The second-order valence-corrected chi connectivity index (χ2v) is 8.51. The van der Waals surface area contributed by atoms with Crippen molar-refractivity contribution in [1.29, 1.82) is 0 Å². The molecular weight excluding hydrogens is 438 g/mol. The normalized spacial score (nSPS) is 16.4. The van der Waals surface area contributed by atoms with E-state index in [-0.39, 0.29) is 28.2 Å². The van der Waals surface area contributed by atoms with Crippen molar-refractivity contribution in [3.8, 4) is 0 Å². The minimum atomic E-state index is -0.580. The van der Waals surface area contributed by atoms with Crippen LogP contribution in [0.4, 0.5) is 10.8 Å². The predicted octanol–water partition coefficient (Wildman–Crippen LogP) is 4.04. The van der Waals surface area contributed by atoms with Crippen LogP contribution in [0.3, 0.4) is 0 Å². The van der Waals surface area contributed by atoms with Crippen LogP contribution >= 0.6 is 23.1 Å². The van der Waals surface area contributed by atoms with Crippen molar-refractivity contribution >= 4 is 39.9 Å². The van der Waals surface area contributed by atoms with Gasteiger partial charge in [0, 0.05) is 55.3 Å². The molecule has 0 saturated carbocycles. The molecule has 1 aliphatic rings. The molecule has 0 N–H and O–H groups in total. The minimum absolute atomic E-state index is 0.0157. The maximum absolute atomic E-state index is 13.0. The minimum Gasteiger partial charge on any atom is -0.343 e. The Morgan fingerprint density at radius 3 is 2.74 bits per heavy atom. The number of carbonyl (C=O) groups excluding carboxylic acids is 1. The third kappa shape index (κ3) is 4.67. The maximum Gasteiger partial charge on any atom is 0.288 e. The number of anilines is 1. The highest BCUT2D eigenvalue weighted by atomic mass is 35.5. The van der Waals surface area contributed by atoms with Crippen molar-refractivity contribution in [2.75, 3.05) is 24.5 Å². The van der Waals surface area contributed by atoms with Gasteiger partial charge in [0.05, 0.1) is 4.92 Å². The third-order valence-electron chi connectivity index (χ3n) is 5.21. The smallest absolute Gasteiger partial charge is 0.288 e. The largest absolute Gasteiger partial charge is 0.343 e. The summed E-state index contributed by atoms with van der Waals surface area (Å²) in [6.45, 7) is 3.68. The molecule has 8 nitrogen and oxygen atoms in total. The molecule has 3 aromatic rings. The Balaban J connectivity index is 1.43. The third-order valence-corrected chi connectivity index (χ3v) is 6.35. The summed E-state index contributed by atoms with van der Waals surface area (Å²) in [4.78, 5) is 32.0. The first-order valence-electron chi connectivity index (χ1n) is 9.78. The lowest BCUT2D eigenvalue weighted by Gasteiger charge is -2.39. The lowest BCUT2D eigenvalue weighted by Crippen LogP contribution is -2.54. The zero-order valence-corrected chi connectivity index (χ0v) is 18.3. The molecule has 1 aromatic heterocycles. The number of piperazine rings is 1. The van der Waals surface area contributed by atoms with Crippen LogP contribution in [-0.2, 0) is 6.42 Å². The first-order chi connectivity index (χ1) is 14.9. The van der Waals surface area contributed by atoms with Crippen LogP contribution in [0.1, 0.15) is 28.7 Å². The molecule has 1 amide bonds. The molecular formula is C21H20ClN5O3S. The predicted molar refractivity (Wildman–Crippen MR) is 120 cm³/mol. The second kappa shape index (κ2) is 8.99. The molecule has 1 fully saturated rings. The van der Waals surface area contributed by atoms with E-state index in [2.05, 4.69) is 14.3 Å². The molecule has 0 aliphatic carbocycles. The number of amides is 1. The van der Waals surface area contributed by atoms with Crippen molar-refractivity contribution in [2.24, 2.45) is 0 Å². The summed E-state index contributed by atoms with van der Waals surface area (Å²) in [6.07, 6.45) is 0.681. The van der Waals surface area contributed by atoms with Crippen LogP contribution in [0.5, 0.6) is 0 Å². The van der Waals surface area contributed by atoms with Gasteiger partial charge in [0.25, 0.3) is 11.6 Å². The highest BCUT2D eigenvalue weighted by molar-refractivity contribution is 7.09. The van der Waals surface area contributed by atoms with E-state index in [1.54, 1.807) is 4.90 Å². The van der Waals surface area contributed by atoms with E-state index in [0.29, 0.717) is 26.1 Å². The molecule has 10 heteroatoms. The molecule has 1 atom stereocenters. The van der Waals surface area contributed by atoms with Crippen LogP contribution in [-0.4, -0.2) is 50.8 Å². The molecule has 1 saturated heterocycles. The number of aromatic nitrogens is 2. The summed E-state index contributed by atoms with van der Waals surface area (Å²) < 4.78 is 4.48. The Labute approximate surface area is 188 Å². The van der Waals surface area contributed by atoms with Gasteiger partial charge in [-0.2, -0.15) is 4.37 Å². The first-order valence-corrected chi connectivity index (χ1v) is 10.9. The van der Waals surface area contributed by atoms with E-state index >= 15 is 0 Å². The molecule has 160 valence electrons. The highest BCUT2D eigenvalue weighted by Gasteiger charge is 2.30. The highest BCUT2D eigenvalue weighted by Crippen LogP contribution is 2.27. The topological polar surface area (TPSA) is 92.5 Å². The molecule has 0 spiro atoms. The van der Waals surface area contributed by atoms with E-state index in [4.69, 9.17) is 11.6 Å². The van der Waals surface area contributed by atoms with Crippen molar-refractivity contribution in [3.05, 3.63) is 80.6 Å². The fourth-order valence-corrected chi connectivity index (χ4v) is 4.51. The SMILES string of the molecule is CC1CN(c2nc(Cc3ccccc3)ns2)CCN1C(=O)c1ccc(Cl)c([N+](=O)[O-])c1. The van der Waals surface area contributed by atoms with Gasteiger partial charge in [0.1, 0.15) is 10.8 Å². The summed E-state index contributed by atoms with van der Waals surface area (Å²) in [5, 5.41) is 12.0. The van der Waals surface area contributed by atoms with Crippen LogP contribution in [0.15, 0.2) is 48.5 Å². The quantitative estimate of drug-likeness (QED) is 0.424. The van der Waals surface area contributed by atoms with E-state index in [9.17, 15) is 14.9 Å². The molecule has 1 unspecified atom stereocenters. The molecule has 1 aliphatic heterocycles. The zero-order chi connectivity index (χ0) is 22.0. The Kier molecular flexibility index (Phi) is 6.15. The number of nitro groups is 1. The summed E-state index contributed by atoms with van der Waals surface area (Å²) in [7, 11) is 0. The fourth-order valence-electron chi connectivity index (χ4n) is 3.61. The Hall–Kier alpha value is -3.04. The fraction of sp³-hybridized carbons (Fsp3) is 0.286. The number of nitro benzene ring substituents is 1. The molecule has 0 radical (unpaired) electrons. The van der Waals surface area contributed by atoms with Crippen molar-refractivity contribution < 1.29 is 9.72 Å². The van der Waals surface area contributed by atoms with Gasteiger partial charge in [0.15, 0.2) is 0 Å². The van der Waals surface area contributed by atoms with Crippen LogP contribution in [0.2, 0.25) is 5.02 Å². The Morgan fingerprint density at radius 1 is 1.26 bits per heavy atom. The number of rotatable bonds is 5. The maximum atomic E-state index is 13.0. The van der Waals surface area contributed by atoms with Gasteiger partial charge in [-0.25, -0.2) is 4.98 Å². The first kappa shape index (κ1) is 21.2.